The summed E-state index contributed by atoms with van der Waals surface area (Å²) in [4.78, 5) is 4.08. The van der Waals surface area contributed by atoms with Gasteiger partial charge in [0.25, 0.3) is 0 Å². The van der Waals surface area contributed by atoms with Gasteiger partial charge >= 0.3 is 0 Å². The third-order valence-electron chi connectivity index (χ3n) is 1.67. The van der Waals surface area contributed by atoms with Gasteiger partial charge in [0.15, 0.2) is 0 Å². The minimum atomic E-state index is -0.252. The molecular formula is C8H15N3O. The molecule has 68 valence electrons. The quantitative estimate of drug-likeness (QED) is 0.694. The summed E-state index contributed by atoms with van der Waals surface area (Å²) in [5.41, 5.74) is 0. The van der Waals surface area contributed by atoms with Gasteiger partial charge in [-0.05, 0) is 13.3 Å². The predicted molar refractivity (Wildman–Crippen MR) is 48.0 cm³/mol. The maximum absolute atomic E-state index is 8.98. The Morgan fingerprint density at radius 3 is 3.00 bits per heavy atom. The molecule has 0 radical (unpaired) electrons. The Balaban J connectivity index is 2.29. The summed E-state index contributed by atoms with van der Waals surface area (Å²) in [6, 6.07) is 0. The summed E-state index contributed by atoms with van der Waals surface area (Å²) in [5.74, 6) is 0.843. The molecule has 4 heteroatoms. The highest BCUT2D eigenvalue weighted by molar-refractivity contribution is 5.24. The molecule has 1 unspecified atom stereocenters. The number of anilines is 1. The van der Waals surface area contributed by atoms with E-state index in [1.165, 1.54) is 0 Å². The van der Waals surface area contributed by atoms with Crippen LogP contribution >= 0.6 is 0 Å². The Bertz CT molecular complexity index is 232. The van der Waals surface area contributed by atoms with E-state index in [0.717, 1.165) is 18.9 Å². The van der Waals surface area contributed by atoms with Crippen molar-refractivity contribution in [1.82, 2.24) is 9.55 Å². The van der Waals surface area contributed by atoms with E-state index in [1.54, 1.807) is 13.1 Å². The molecule has 0 saturated carbocycles. The van der Waals surface area contributed by atoms with Gasteiger partial charge in [-0.3, -0.25) is 0 Å². The Labute approximate surface area is 72.2 Å². The highest BCUT2D eigenvalue weighted by atomic mass is 16.3. The summed E-state index contributed by atoms with van der Waals surface area (Å²) < 4.78 is 1.90. The monoisotopic (exact) mass is 169 g/mol. The molecule has 0 aliphatic carbocycles. The molecule has 1 aromatic rings. The van der Waals surface area contributed by atoms with Crippen molar-refractivity contribution in [3.8, 4) is 0 Å². The van der Waals surface area contributed by atoms with Crippen LogP contribution in [-0.4, -0.2) is 27.3 Å². The van der Waals surface area contributed by atoms with Crippen LogP contribution in [0.5, 0.6) is 0 Å². The zero-order valence-corrected chi connectivity index (χ0v) is 7.49. The van der Waals surface area contributed by atoms with Crippen LogP contribution in [0.25, 0.3) is 0 Å². The molecule has 12 heavy (non-hydrogen) atoms. The number of hydrogen-bond donors (Lipinski definition) is 2. The van der Waals surface area contributed by atoms with Crippen molar-refractivity contribution in [2.45, 2.75) is 19.4 Å². The van der Waals surface area contributed by atoms with Crippen molar-refractivity contribution in [3.05, 3.63) is 12.4 Å². The van der Waals surface area contributed by atoms with Crippen LogP contribution in [0.2, 0.25) is 0 Å². The Hall–Kier alpha value is -1.03. The molecule has 0 fully saturated rings. The first-order chi connectivity index (χ1) is 5.70. The SMILES string of the molecule is CC(O)CCNc1nccn1C. The standard InChI is InChI=1S/C8H15N3O/c1-7(12)3-4-9-8-10-5-6-11(8)2/h5-7,12H,3-4H2,1-2H3,(H,9,10). The molecule has 0 aliphatic rings. The van der Waals surface area contributed by atoms with Crippen LogP contribution in [0.3, 0.4) is 0 Å². The van der Waals surface area contributed by atoms with E-state index in [2.05, 4.69) is 10.3 Å². The second-order valence-corrected chi connectivity index (χ2v) is 2.93. The maximum Gasteiger partial charge on any atom is 0.202 e. The van der Waals surface area contributed by atoms with Gasteiger partial charge in [0, 0.05) is 26.0 Å². The lowest BCUT2D eigenvalue weighted by Gasteiger charge is -2.06. The van der Waals surface area contributed by atoms with Crippen LogP contribution < -0.4 is 5.32 Å². The predicted octanol–water partition coefficient (Wildman–Crippen LogP) is 0.603. The number of rotatable bonds is 4. The van der Waals surface area contributed by atoms with Gasteiger partial charge < -0.3 is 15.0 Å². The number of hydrogen-bond acceptors (Lipinski definition) is 3. The number of aliphatic hydroxyl groups excluding tert-OH is 1. The molecule has 0 saturated heterocycles. The van der Waals surface area contributed by atoms with E-state index >= 15 is 0 Å². The van der Waals surface area contributed by atoms with E-state index < -0.39 is 0 Å². The molecule has 0 bridgehead atoms. The molecular weight excluding hydrogens is 154 g/mol. The molecule has 0 amide bonds. The molecule has 0 aromatic carbocycles. The molecule has 2 N–H and O–H groups in total. The number of imidazole rings is 1. The van der Waals surface area contributed by atoms with Crippen LogP contribution in [0, 0.1) is 0 Å². The van der Waals surface area contributed by atoms with E-state index in [9.17, 15) is 0 Å². The average molecular weight is 169 g/mol. The Kier molecular flexibility index (Phi) is 3.10. The average Bonchev–Trinajstić information content (AvgIpc) is 2.36. The van der Waals surface area contributed by atoms with Crippen molar-refractivity contribution in [3.63, 3.8) is 0 Å². The van der Waals surface area contributed by atoms with Crippen molar-refractivity contribution < 1.29 is 5.11 Å². The number of aryl methyl sites for hydroxylation is 1. The lowest BCUT2D eigenvalue weighted by Crippen LogP contribution is -2.12. The molecule has 0 spiro atoms. The highest BCUT2D eigenvalue weighted by Crippen LogP contribution is 2.00. The van der Waals surface area contributed by atoms with Gasteiger partial charge in [-0.25, -0.2) is 4.98 Å². The largest absolute Gasteiger partial charge is 0.393 e. The summed E-state index contributed by atoms with van der Waals surface area (Å²) in [6.45, 7) is 2.53. The third kappa shape index (κ3) is 2.54. The molecule has 4 nitrogen and oxygen atoms in total. The minimum absolute atomic E-state index is 0.252. The second kappa shape index (κ2) is 4.11. The topological polar surface area (TPSA) is 50.1 Å². The van der Waals surface area contributed by atoms with Crippen LogP contribution in [0.15, 0.2) is 12.4 Å². The lowest BCUT2D eigenvalue weighted by atomic mass is 10.3. The summed E-state index contributed by atoms with van der Waals surface area (Å²) in [6.07, 6.45) is 4.11. The first-order valence-electron chi connectivity index (χ1n) is 4.09. The van der Waals surface area contributed by atoms with Crippen LogP contribution in [0.4, 0.5) is 5.95 Å². The highest BCUT2D eigenvalue weighted by Gasteiger charge is 1.98. The van der Waals surface area contributed by atoms with E-state index in [-0.39, 0.29) is 6.10 Å². The van der Waals surface area contributed by atoms with Crippen molar-refractivity contribution in [2.24, 2.45) is 7.05 Å². The summed E-state index contributed by atoms with van der Waals surface area (Å²) in [7, 11) is 1.93. The Morgan fingerprint density at radius 1 is 1.75 bits per heavy atom. The molecule has 1 heterocycles. The number of aromatic nitrogens is 2. The molecule has 1 aromatic heterocycles. The number of nitrogens with one attached hydrogen (secondary N) is 1. The van der Waals surface area contributed by atoms with Crippen molar-refractivity contribution in [2.75, 3.05) is 11.9 Å². The van der Waals surface area contributed by atoms with E-state index in [4.69, 9.17) is 5.11 Å². The van der Waals surface area contributed by atoms with Gasteiger partial charge in [-0.2, -0.15) is 0 Å². The molecule has 1 rings (SSSR count). The van der Waals surface area contributed by atoms with Gasteiger partial charge in [0.2, 0.25) is 5.95 Å². The van der Waals surface area contributed by atoms with Crippen molar-refractivity contribution >= 4 is 5.95 Å². The first kappa shape index (κ1) is 9.06. The molecule has 0 aliphatic heterocycles. The van der Waals surface area contributed by atoms with Crippen LogP contribution in [0.1, 0.15) is 13.3 Å². The second-order valence-electron chi connectivity index (χ2n) is 2.93. The van der Waals surface area contributed by atoms with Gasteiger partial charge in [-0.15, -0.1) is 0 Å². The maximum atomic E-state index is 8.98. The van der Waals surface area contributed by atoms with Gasteiger partial charge in [-0.1, -0.05) is 0 Å². The zero-order chi connectivity index (χ0) is 8.97. The fraction of sp³-hybridized carbons (Fsp3) is 0.625. The van der Waals surface area contributed by atoms with E-state index in [1.807, 2.05) is 17.8 Å². The van der Waals surface area contributed by atoms with Gasteiger partial charge in [0.1, 0.15) is 0 Å². The van der Waals surface area contributed by atoms with E-state index in [0.29, 0.717) is 0 Å². The summed E-state index contributed by atoms with van der Waals surface area (Å²) in [5, 5.41) is 12.1. The fourth-order valence-electron chi connectivity index (χ4n) is 0.929. The van der Waals surface area contributed by atoms with Gasteiger partial charge in [0.05, 0.1) is 6.10 Å². The molecule has 1 atom stereocenters. The smallest absolute Gasteiger partial charge is 0.202 e. The fourth-order valence-corrected chi connectivity index (χ4v) is 0.929. The Morgan fingerprint density at radius 2 is 2.50 bits per heavy atom. The number of aliphatic hydroxyl groups is 1. The minimum Gasteiger partial charge on any atom is -0.393 e. The summed E-state index contributed by atoms with van der Waals surface area (Å²) >= 11 is 0. The van der Waals surface area contributed by atoms with Crippen molar-refractivity contribution in [1.29, 1.82) is 0 Å². The third-order valence-corrected chi connectivity index (χ3v) is 1.67. The first-order valence-corrected chi connectivity index (χ1v) is 4.09. The van der Waals surface area contributed by atoms with Crippen LogP contribution in [-0.2, 0) is 7.05 Å². The lowest BCUT2D eigenvalue weighted by molar-refractivity contribution is 0.188. The normalized spacial score (nSPS) is 12.9. The zero-order valence-electron chi connectivity index (χ0n) is 7.49. The number of nitrogens with zero attached hydrogens (tertiary/aromatic N) is 2.